The lowest BCUT2D eigenvalue weighted by Gasteiger charge is -2.28. The van der Waals surface area contributed by atoms with Gasteiger partial charge in [-0.15, -0.1) is 11.8 Å². The standard InChI is InChI=1S/C19H31N5O2S2/c1-2-24-9-6-14-13(11-24)21-19(28-14)17(26)23-18-12(7-10-27-18)16(25)22-15-5-3-4-8-20-15/h6,12-13,15,18-21H,2-5,7-11H2,1H3,(H,22,25)(H,23,26). The number of rotatable bonds is 5. The molecule has 0 aromatic carbocycles. The van der Waals surface area contributed by atoms with Crippen LogP contribution in [-0.4, -0.2) is 71.6 Å². The second-order valence-corrected chi connectivity index (χ2v) is 10.3. The Labute approximate surface area is 175 Å². The van der Waals surface area contributed by atoms with Gasteiger partial charge in [-0.05, 0) is 44.5 Å². The van der Waals surface area contributed by atoms with E-state index >= 15 is 0 Å². The maximum Gasteiger partial charge on any atom is 0.248 e. The molecule has 2 amide bonds. The number of hydrogen-bond acceptors (Lipinski definition) is 7. The largest absolute Gasteiger partial charge is 0.341 e. The summed E-state index contributed by atoms with van der Waals surface area (Å²) >= 11 is 3.31. The highest BCUT2D eigenvalue weighted by Crippen LogP contribution is 2.35. The molecule has 0 bridgehead atoms. The minimum Gasteiger partial charge on any atom is -0.341 e. The number of hydrogen-bond donors (Lipinski definition) is 4. The van der Waals surface area contributed by atoms with Crippen LogP contribution in [0.15, 0.2) is 11.0 Å². The van der Waals surface area contributed by atoms with Crippen LogP contribution >= 0.6 is 23.5 Å². The lowest BCUT2D eigenvalue weighted by atomic mass is 10.0. The molecule has 156 valence electrons. The van der Waals surface area contributed by atoms with Gasteiger partial charge in [-0.25, -0.2) is 0 Å². The molecule has 28 heavy (non-hydrogen) atoms. The van der Waals surface area contributed by atoms with E-state index in [1.54, 1.807) is 23.5 Å². The maximum atomic E-state index is 12.9. The number of carbonyl (C=O) groups is 2. The zero-order valence-electron chi connectivity index (χ0n) is 16.4. The van der Waals surface area contributed by atoms with Gasteiger partial charge in [-0.1, -0.05) is 24.8 Å². The van der Waals surface area contributed by atoms with Gasteiger partial charge in [-0.2, -0.15) is 0 Å². The number of amides is 2. The van der Waals surface area contributed by atoms with Crippen LogP contribution in [0, 0.1) is 5.92 Å². The SMILES string of the molecule is CCN1CC=C2SC(C(=O)NC3SCCC3C(=O)NC3CCCCN3)NC2C1. The summed E-state index contributed by atoms with van der Waals surface area (Å²) in [5, 5.41) is 12.7. The van der Waals surface area contributed by atoms with Crippen molar-refractivity contribution in [1.82, 2.24) is 26.2 Å². The highest BCUT2D eigenvalue weighted by Gasteiger charge is 2.40. The molecule has 0 aromatic heterocycles. The fourth-order valence-corrected chi connectivity index (χ4v) is 6.75. The second kappa shape index (κ2) is 9.38. The lowest BCUT2D eigenvalue weighted by Crippen LogP contribution is -2.53. The van der Waals surface area contributed by atoms with Gasteiger partial charge in [0.1, 0.15) is 5.37 Å². The van der Waals surface area contributed by atoms with Gasteiger partial charge in [0.25, 0.3) is 0 Å². The third-order valence-corrected chi connectivity index (χ3v) is 8.55. The normalized spacial score (nSPS) is 35.9. The molecule has 3 saturated heterocycles. The number of nitrogens with zero attached hydrogens (tertiary/aromatic N) is 1. The topological polar surface area (TPSA) is 85.5 Å². The molecule has 4 N–H and O–H groups in total. The summed E-state index contributed by atoms with van der Waals surface area (Å²) in [7, 11) is 0. The molecule has 9 heteroatoms. The third-order valence-electron chi connectivity index (χ3n) is 5.97. The number of nitrogens with one attached hydrogen (secondary N) is 4. The highest BCUT2D eigenvalue weighted by molar-refractivity contribution is 8.04. The van der Waals surface area contributed by atoms with Crippen molar-refractivity contribution in [2.24, 2.45) is 5.92 Å². The first-order chi connectivity index (χ1) is 13.6. The summed E-state index contributed by atoms with van der Waals surface area (Å²) in [5.41, 5.74) is 0. The number of fused-ring (bicyclic) bond motifs is 1. The van der Waals surface area contributed by atoms with Gasteiger partial charge in [0.2, 0.25) is 11.8 Å². The van der Waals surface area contributed by atoms with E-state index in [4.69, 9.17) is 0 Å². The van der Waals surface area contributed by atoms with Crippen molar-refractivity contribution >= 4 is 35.3 Å². The fraction of sp³-hybridized carbons (Fsp3) is 0.789. The van der Waals surface area contributed by atoms with E-state index in [1.807, 2.05) is 0 Å². The molecule has 7 nitrogen and oxygen atoms in total. The Balaban J connectivity index is 1.29. The van der Waals surface area contributed by atoms with Crippen LogP contribution in [0.5, 0.6) is 0 Å². The Morgan fingerprint density at radius 1 is 1.25 bits per heavy atom. The summed E-state index contributed by atoms with van der Waals surface area (Å²) < 4.78 is 0. The van der Waals surface area contributed by atoms with Crippen molar-refractivity contribution in [2.75, 3.05) is 31.9 Å². The monoisotopic (exact) mass is 425 g/mol. The number of carbonyl (C=O) groups excluding carboxylic acids is 2. The molecule has 4 aliphatic rings. The van der Waals surface area contributed by atoms with Crippen molar-refractivity contribution in [3.8, 4) is 0 Å². The van der Waals surface area contributed by atoms with Gasteiger partial charge in [0.15, 0.2) is 0 Å². The Morgan fingerprint density at radius 3 is 2.93 bits per heavy atom. The molecule has 5 unspecified atom stereocenters. The van der Waals surface area contributed by atoms with Crippen LogP contribution in [0.25, 0.3) is 0 Å². The highest BCUT2D eigenvalue weighted by atomic mass is 32.2. The summed E-state index contributed by atoms with van der Waals surface area (Å²) in [6.45, 7) is 6.06. The average Bonchev–Trinajstić information content (AvgIpc) is 3.34. The molecule has 4 rings (SSSR count). The zero-order chi connectivity index (χ0) is 19.5. The molecule has 0 saturated carbocycles. The smallest absolute Gasteiger partial charge is 0.248 e. The molecular weight excluding hydrogens is 394 g/mol. The number of piperidine rings is 1. The van der Waals surface area contributed by atoms with Crippen molar-refractivity contribution < 1.29 is 9.59 Å². The summed E-state index contributed by atoms with van der Waals surface area (Å²) in [4.78, 5) is 29.3. The molecule has 3 fully saturated rings. The van der Waals surface area contributed by atoms with Crippen LogP contribution in [0.3, 0.4) is 0 Å². The van der Waals surface area contributed by atoms with Crippen LogP contribution in [0.2, 0.25) is 0 Å². The third kappa shape index (κ3) is 4.70. The van der Waals surface area contributed by atoms with Crippen LogP contribution < -0.4 is 21.3 Å². The molecule has 5 atom stereocenters. The van der Waals surface area contributed by atoms with E-state index in [9.17, 15) is 9.59 Å². The van der Waals surface area contributed by atoms with E-state index in [-0.39, 0.29) is 40.7 Å². The summed E-state index contributed by atoms with van der Waals surface area (Å²) in [6, 6.07) is 0.252. The quantitative estimate of drug-likeness (QED) is 0.515. The summed E-state index contributed by atoms with van der Waals surface area (Å²) in [5.74, 6) is 0.820. The Hall–Kier alpha value is -0.740. The minimum atomic E-state index is -0.266. The second-order valence-electron chi connectivity index (χ2n) is 7.88. The molecule has 4 heterocycles. The number of thioether (sulfide) groups is 2. The zero-order valence-corrected chi connectivity index (χ0v) is 18.0. The lowest BCUT2D eigenvalue weighted by molar-refractivity contribution is -0.127. The Kier molecular flexibility index (Phi) is 6.88. The van der Waals surface area contributed by atoms with E-state index < -0.39 is 0 Å². The minimum absolute atomic E-state index is 0.00339. The molecule has 4 aliphatic heterocycles. The predicted molar refractivity (Wildman–Crippen MR) is 115 cm³/mol. The van der Waals surface area contributed by atoms with Crippen molar-refractivity contribution in [1.29, 1.82) is 0 Å². The van der Waals surface area contributed by atoms with Crippen molar-refractivity contribution in [3.05, 3.63) is 11.0 Å². The molecule has 0 spiro atoms. The van der Waals surface area contributed by atoms with E-state index in [2.05, 4.69) is 39.2 Å². The molecule has 0 aliphatic carbocycles. The fourth-order valence-electron chi connectivity index (χ4n) is 4.26. The van der Waals surface area contributed by atoms with Gasteiger partial charge < -0.3 is 10.6 Å². The predicted octanol–water partition coefficient (Wildman–Crippen LogP) is 0.648. The Morgan fingerprint density at radius 2 is 2.14 bits per heavy atom. The first-order valence-corrected chi connectivity index (χ1v) is 12.4. The molecule has 0 aromatic rings. The van der Waals surface area contributed by atoms with Gasteiger partial charge >= 0.3 is 0 Å². The summed E-state index contributed by atoms with van der Waals surface area (Å²) in [6.07, 6.45) is 6.43. The van der Waals surface area contributed by atoms with E-state index in [1.165, 1.54) is 11.3 Å². The van der Waals surface area contributed by atoms with Gasteiger partial charge in [-0.3, -0.25) is 25.1 Å². The van der Waals surface area contributed by atoms with Crippen LogP contribution in [-0.2, 0) is 9.59 Å². The molecule has 0 radical (unpaired) electrons. The van der Waals surface area contributed by atoms with Gasteiger partial charge in [0, 0.05) is 18.0 Å². The van der Waals surface area contributed by atoms with Crippen molar-refractivity contribution in [2.45, 2.75) is 55.6 Å². The molecular formula is C19H31N5O2S2. The number of likely N-dealkylation sites (N-methyl/N-ethyl adjacent to an activating group) is 1. The van der Waals surface area contributed by atoms with Gasteiger partial charge in [0.05, 0.1) is 23.5 Å². The maximum absolute atomic E-state index is 12.9. The first kappa shape index (κ1) is 20.5. The van der Waals surface area contributed by atoms with E-state index in [0.717, 1.165) is 51.2 Å². The first-order valence-electron chi connectivity index (χ1n) is 10.4. The van der Waals surface area contributed by atoms with E-state index in [0.29, 0.717) is 0 Å². The van der Waals surface area contributed by atoms with Crippen LogP contribution in [0.4, 0.5) is 0 Å². The van der Waals surface area contributed by atoms with Crippen LogP contribution in [0.1, 0.15) is 32.6 Å². The average molecular weight is 426 g/mol. The van der Waals surface area contributed by atoms with Crippen molar-refractivity contribution in [3.63, 3.8) is 0 Å². The Bertz CT molecular complexity index is 625.